The van der Waals surface area contributed by atoms with Gasteiger partial charge in [0.1, 0.15) is 0 Å². The maximum atomic E-state index is 11.5. The maximum absolute atomic E-state index is 11.5. The summed E-state index contributed by atoms with van der Waals surface area (Å²) in [5, 5.41) is 0. The lowest BCUT2D eigenvalue weighted by Crippen LogP contribution is -2.31. The monoisotopic (exact) mass is 203 g/mol. The molecule has 0 N–H and O–H groups in total. The van der Waals surface area contributed by atoms with Gasteiger partial charge < -0.3 is 4.90 Å². The Balaban J connectivity index is 3.48. The average molecular weight is 203 g/mol. The van der Waals surface area contributed by atoms with Crippen molar-refractivity contribution in [3.8, 4) is 0 Å². The van der Waals surface area contributed by atoms with E-state index in [1.165, 1.54) is 12.8 Å². The van der Waals surface area contributed by atoms with E-state index in [2.05, 4.69) is 6.92 Å². The summed E-state index contributed by atoms with van der Waals surface area (Å²) in [6, 6.07) is 0. The molecule has 0 rings (SSSR count). The van der Waals surface area contributed by atoms with Gasteiger partial charge in [0, 0.05) is 13.1 Å². The van der Waals surface area contributed by atoms with Gasteiger partial charge in [-0.15, -0.1) is 0 Å². The molecule has 0 unspecified atom stereocenters. The average Bonchev–Trinajstić information content (AvgIpc) is 2.14. The van der Waals surface area contributed by atoms with Crippen LogP contribution in [0.1, 0.15) is 33.6 Å². The Hall–Kier alpha value is -0.180. The summed E-state index contributed by atoms with van der Waals surface area (Å²) >= 11 is 1.75. The zero-order valence-corrected chi connectivity index (χ0v) is 9.82. The van der Waals surface area contributed by atoms with Crippen molar-refractivity contribution in [2.75, 3.05) is 24.6 Å². The molecule has 0 aromatic heterocycles. The third-order valence-electron chi connectivity index (χ3n) is 1.98. The standard InChI is InChI=1S/C10H21NOS/c1-4-7-8-13-9-10(12)11(5-2)6-3/h4-9H2,1-3H3. The van der Waals surface area contributed by atoms with E-state index in [-0.39, 0.29) is 5.91 Å². The van der Waals surface area contributed by atoms with Crippen LogP contribution in [-0.2, 0) is 4.79 Å². The van der Waals surface area contributed by atoms with Crippen molar-refractivity contribution in [3.05, 3.63) is 0 Å². The molecule has 0 fully saturated rings. The van der Waals surface area contributed by atoms with Gasteiger partial charge in [0.2, 0.25) is 5.91 Å². The number of thioether (sulfide) groups is 1. The Bertz CT molecular complexity index is 135. The van der Waals surface area contributed by atoms with Crippen LogP contribution in [0.4, 0.5) is 0 Å². The lowest BCUT2D eigenvalue weighted by Gasteiger charge is -2.17. The molecular weight excluding hydrogens is 182 g/mol. The van der Waals surface area contributed by atoms with Gasteiger partial charge in [0.15, 0.2) is 0 Å². The molecule has 0 heterocycles. The zero-order chi connectivity index (χ0) is 10.1. The van der Waals surface area contributed by atoms with Crippen LogP contribution in [0.2, 0.25) is 0 Å². The molecule has 0 aromatic rings. The van der Waals surface area contributed by atoms with Crippen molar-refractivity contribution in [2.45, 2.75) is 33.6 Å². The van der Waals surface area contributed by atoms with Crippen LogP contribution < -0.4 is 0 Å². The van der Waals surface area contributed by atoms with Crippen molar-refractivity contribution in [1.82, 2.24) is 4.90 Å². The third-order valence-corrected chi connectivity index (χ3v) is 3.01. The summed E-state index contributed by atoms with van der Waals surface area (Å²) in [5.41, 5.74) is 0. The van der Waals surface area contributed by atoms with Crippen LogP contribution in [0.5, 0.6) is 0 Å². The van der Waals surface area contributed by atoms with Crippen molar-refractivity contribution in [3.63, 3.8) is 0 Å². The van der Waals surface area contributed by atoms with Crippen LogP contribution in [0.25, 0.3) is 0 Å². The quantitative estimate of drug-likeness (QED) is 0.592. The fourth-order valence-corrected chi connectivity index (χ4v) is 2.07. The Labute approximate surface area is 86.1 Å². The second kappa shape index (κ2) is 8.42. The first-order chi connectivity index (χ1) is 6.26. The molecule has 1 amide bonds. The van der Waals surface area contributed by atoms with Gasteiger partial charge in [-0.05, 0) is 26.0 Å². The van der Waals surface area contributed by atoms with E-state index in [0.717, 1.165) is 18.8 Å². The molecule has 0 aliphatic heterocycles. The van der Waals surface area contributed by atoms with Gasteiger partial charge in [-0.25, -0.2) is 0 Å². The first-order valence-corrected chi connectivity index (χ1v) is 6.27. The minimum Gasteiger partial charge on any atom is -0.343 e. The molecule has 0 aliphatic rings. The van der Waals surface area contributed by atoms with Gasteiger partial charge in [-0.2, -0.15) is 11.8 Å². The molecular formula is C10H21NOS. The van der Waals surface area contributed by atoms with Crippen molar-refractivity contribution >= 4 is 17.7 Å². The predicted molar refractivity (Wildman–Crippen MR) is 60.2 cm³/mol. The van der Waals surface area contributed by atoms with E-state index in [4.69, 9.17) is 0 Å². The highest BCUT2D eigenvalue weighted by atomic mass is 32.2. The van der Waals surface area contributed by atoms with Crippen LogP contribution in [-0.4, -0.2) is 35.4 Å². The fourth-order valence-electron chi connectivity index (χ4n) is 1.07. The first kappa shape index (κ1) is 12.8. The Morgan fingerprint density at radius 2 is 1.85 bits per heavy atom. The van der Waals surface area contributed by atoms with E-state index in [1.54, 1.807) is 11.8 Å². The van der Waals surface area contributed by atoms with Crippen LogP contribution >= 0.6 is 11.8 Å². The van der Waals surface area contributed by atoms with Gasteiger partial charge in [0.25, 0.3) is 0 Å². The lowest BCUT2D eigenvalue weighted by atomic mass is 10.4. The highest BCUT2D eigenvalue weighted by Gasteiger charge is 2.08. The summed E-state index contributed by atoms with van der Waals surface area (Å²) in [4.78, 5) is 13.4. The van der Waals surface area contributed by atoms with E-state index < -0.39 is 0 Å². The molecule has 3 heteroatoms. The van der Waals surface area contributed by atoms with Crippen LogP contribution in [0, 0.1) is 0 Å². The van der Waals surface area contributed by atoms with E-state index >= 15 is 0 Å². The highest BCUT2D eigenvalue weighted by molar-refractivity contribution is 7.99. The van der Waals surface area contributed by atoms with Gasteiger partial charge in [0.05, 0.1) is 5.75 Å². The smallest absolute Gasteiger partial charge is 0.232 e. The predicted octanol–water partition coefficient (Wildman–Crippen LogP) is 2.39. The second-order valence-electron chi connectivity index (χ2n) is 2.97. The van der Waals surface area contributed by atoms with Gasteiger partial charge in [-0.1, -0.05) is 13.3 Å². The molecule has 0 radical (unpaired) electrons. The first-order valence-electron chi connectivity index (χ1n) is 5.11. The number of amides is 1. The van der Waals surface area contributed by atoms with Gasteiger partial charge in [-0.3, -0.25) is 4.79 Å². The zero-order valence-electron chi connectivity index (χ0n) is 9.01. The van der Waals surface area contributed by atoms with Crippen molar-refractivity contribution < 1.29 is 4.79 Å². The molecule has 0 saturated carbocycles. The largest absolute Gasteiger partial charge is 0.343 e. The van der Waals surface area contributed by atoms with Crippen LogP contribution in [0.15, 0.2) is 0 Å². The molecule has 13 heavy (non-hydrogen) atoms. The maximum Gasteiger partial charge on any atom is 0.232 e. The molecule has 0 saturated heterocycles. The molecule has 78 valence electrons. The molecule has 0 bridgehead atoms. The molecule has 0 atom stereocenters. The number of nitrogens with zero attached hydrogens (tertiary/aromatic N) is 1. The van der Waals surface area contributed by atoms with E-state index in [0.29, 0.717) is 5.75 Å². The number of rotatable bonds is 7. The molecule has 0 aliphatic carbocycles. The van der Waals surface area contributed by atoms with Gasteiger partial charge >= 0.3 is 0 Å². The lowest BCUT2D eigenvalue weighted by molar-refractivity contribution is -0.127. The number of carbonyl (C=O) groups is 1. The fraction of sp³-hybridized carbons (Fsp3) is 0.900. The summed E-state index contributed by atoms with van der Waals surface area (Å²) in [6.45, 7) is 7.90. The summed E-state index contributed by atoms with van der Waals surface area (Å²) in [7, 11) is 0. The highest BCUT2D eigenvalue weighted by Crippen LogP contribution is 2.05. The Morgan fingerprint density at radius 1 is 1.23 bits per heavy atom. The van der Waals surface area contributed by atoms with Crippen molar-refractivity contribution in [2.24, 2.45) is 0 Å². The summed E-state index contributed by atoms with van der Waals surface area (Å²) < 4.78 is 0. The summed E-state index contributed by atoms with van der Waals surface area (Å²) in [5.74, 6) is 2.05. The minimum absolute atomic E-state index is 0.283. The Morgan fingerprint density at radius 3 is 2.31 bits per heavy atom. The topological polar surface area (TPSA) is 20.3 Å². The molecule has 0 aromatic carbocycles. The van der Waals surface area contributed by atoms with Crippen LogP contribution in [0.3, 0.4) is 0 Å². The molecule has 2 nitrogen and oxygen atoms in total. The number of unbranched alkanes of at least 4 members (excludes halogenated alkanes) is 1. The number of carbonyl (C=O) groups excluding carboxylic acids is 1. The minimum atomic E-state index is 0.283. The summed E-state index contributed by atoms with van der Waals surface area (Å²) in [6.07, 6.45) is 2.43. The van der Waals surface area contributed by atoms with E-state index in [9.17, 15) is 4.79 Å². The SMILES string of the molecule is CCCCSCC(=O)N(CC)CC. The Kier molecular flexibility index (Phi) is 8.30. The normalized spacial score (nSPS) is 10.1. The van der Waals surface area contributed by atoms with E-state index in [1.807, 2.05) is 18.7 Å². The molecule has 0 spiro atoms. The van der Waals surface area contributed by atoms with Crippen molar-refractivity contribution in [1.29, 1.82) is 0 Å². The number of hydrogen-bond donors (Lipinski definition) is 0. The third kappa shape index (κ3) is 5.97. The number of hydrogen-bond acceptors (Lipinski definition) is 2. The second-order valence-corrected chi connectivity index (χ2v) is 4.08.